The van der Waals surface area contributed by atoms with E-state index in [2.05, 4.69) is 16.7 Å². The van der Waals surface area contributed by atoms with E-state index in [-0.39, 0.29) is 18.0 Å². The van der Waals surface area contributed by atoms with Crippen LogP contribution in [0.3, 0.4) is 0 Å². The van der Waals surface area contributed by atoms with Crippen molar-refractivity contribution in [3.63, 3.8) is 0 Å². The Hall–Kier alpha value is -2.32. The molecule has 0 atom stereocenters. The Morgan fingerprint density at radius 1 is 0.967 bits per heavy atom. The van der Waals surface area contributed by atoms with Crippen LogP contribution in [0.4, 0.5) is 4.79 Å². The Bertz CT molecular complexity index is 713. The lowest BCUT2D eigenvalue weighted by atomic mass is 9.96. The maximum Gasteiger partial charge on any atom is 0.321 e. The molecule has 1 saturated heterocycles. The summed E-state index contributed by atoms with van der Waals surface area (Å²) in [6.07, 6.45) is 5.56. The van der Waals surface area contributed by atoms with Crippen molar-refractivity contribution in [2.45, 2.75) is 44.7 Å². The molecule has 1 aromatic rings. The number of rotatable bonds is 7. The van der Waals surface area contributed by atoms with Crippen LogP contribution in [0.1, 0.15) is 37.7 Å². The first-order valence-electron chi connectivity index (χ1n) is 11.1. The van der Waals surface area contributed by atoms with Crippen LogP contribution in [0, 0.1) is 0 Å². The number of carbonyl (C=O) groups excluding carboxylic acids is 2. The number of hydrogen-bond acceptors (Lipinski definition) is 4. The molecule has 30 heavy (non-hydrogen) atoms. The van der Waals surface area contributed by atoms with Gasteiger partial charge in [0.15, 0.2) is 18.0 Å². The molecule has 3 amide bonds. The summed E-state index contributed by atoms with van der Waals surface area (Å²) < 4.78 is 10.7. The van der Waals surface area contributed by atoms with Gasteiger partial charge in [0.05, 0.1) is 14.2 Å². The fourth-order valence-electron chi connectivity index (χ4n) is 4.46. The first-order valence-corrected chi connectivity index (χ1v) is 11.1. The highest BCUT2D eigenvalue weighted by atomic mass is 16.5. The molecule has 2 fully saturated rings. The quantitative estimate of drug-likeness (QED) is 0.463. The molecule has 1 heterocycles. The Morgan fingerprint density at radius 2 is 1.63 bits per heavy atom. The van der Waals surface area contributed by atoms with Gasteiger partial charge in [0.2, 0.25) is 0 Å². The number of urea groups is 1. The highest BCUT2D eigenvalue weighted by Gasteiger charge is 2.26. The maximum absolute atomic E-state index is 12.2. The minimum Gasteiger partial charge on any atom is -0.493 e. The van der Waals surface area contributed by atoms with Gasteiger partial charge in [0.1, 0.15) is 32.7 Å². The zero-order valence-corrected chi connectivity index (χ0v) is 18.2. The molecule has 2 aliphatic rings. The number of piperazine rings is 1. The van der Waals surface area contributed by atoms with Crippen LogP contribution in [0.15, 0.2) is 18.2 Å². The third-order valence-corrected chi connectivity index (χ3v) is 6.17. The lowest BCUT2D eigenvalue weighted by molar-refractivity contribution is -1.02. The predicted octanol–water partition coefficient (Wildman–Crippen LogP) is -0.854. The zero-order chi connectivity index (χ0) is 21.3. The number of nitrogens with one attached hydrogen (secondary N) is 4. The van der Waals surface area contributed by atoms with Gasteiger partial charge in [-0.1, -0.05) is 19.3 Å². The van der Waals surface area contributed by atoms with Crippen LogP contribution in [-0.2, 0) is 11.3 Å². The summed E-state index contributed by atoms with van der Waals surface area (Å²) in [7, 11) is 3.29. The van der Waals surface area contributed by atoms with Crippen LogP contribution in [0.25, 0.3) is 0 Å². The summed E-state index contributed by atoms with van der Waals surface area (Å²) in [5.74, 6) is 1.30. The van der Waals surface area contributed by atoms with Gasteiger partial charge in [-0.3, -0.25) is 10.1 Å². The topological polar surface area (TPSA) is 85.5 Å². The summed E-state index contributed by atoms with van der Waals surface area (Å²) >= 11 is 0. The molecule has 1 aromatic carbocycles. The second kappa shape index (κ2) is 11.2. The van der Waals surface area contributed by atoms with Crippen LogP contribution in [-0.4, -0.2) is 64.9 Å². The van der Waals surface area contributed by atoms with E-state index in [1.807, 2.05) is 12.1 Å². The second-order valence-electron chi connectivity index (χ2n) is 8.40. The van der Waals surface area contributed by atoms with Gasteiger partial charge in [0.25, 0.3) is 5.91 Å². The number of carbonyl (C=O) groups is 2. The van der Waals surface area contributed by atoms with Gasteiger partial charge in [-0.25, -0.2) is 4.79 Å². The smallest absolute Gasteiger partial charge is 0.321 e. The SMILES string of the molecule is COc1ccc(C[NH+]2CC[NH+](CC(=O)NC(=O)NC3CCCCC3)CC2)cc1OC. The van der Waals surface area contributed by atoms with Crippen LogP contribution in [0.2, 0.25) is 0 Å². The van der Waals surface area contributed by atoms with Crippen molar-refractivity contribution in [1.29, 1.82) is 0 Å². The van der Waals surface area contributed by atoms with E-state index in [0.717, 1.165) is 69.9 Å². The van der Waals surface area contributed by atoms with Gasteiger partial charge < -0.3 is 24.6 Å². The van der Waals surface area contributed by atoms with Crippen molar-refractivity contribution >= 4 is 11.9 Å². The molecule has 0 bridgehead atoms. The molecule has 1 saturated carbocycles. The van der Waals surface area contributed by atoms with Crippen LogP contribution in [0.5, 0.6) is 11.5 Å². The second-order valence-corrected chi connectivity index (χ2v) is 8.40. The number of benzene rings is 1. The third-order valence-electron chi connectivity index (χ3n) is 6.17. The predicted molar refractivity (Wildman–Crippen MR) is 113 cm³/mol. The van der Waals surface area contributed by atoms with E-state index in [1.54, 1.807) is 14.2 Å². The van der Waals surface area contributed by atoms with E-state index < -0.39 is 0 Å². The van der Waals surface area contributed by atoms with Crippen molar-refractivity contribution in [3.8, 4) is 11.5 Å². The lowest BCUT2D eigenvalue weighted by Crippen LogP contribution is -3.28. The molecule has 8 nitrogen and oxygen atoms in total. The molecule has 4 N–H and O–H groups in total. The summed E-state index contributed by atoms with van der Waals surface area (Å²) in [4.78, 5) is 27.0. The normalized spacial score (nSPS) is 22.2. The van der Waals surface area contributed by atoms with Crippen LogP contribution >= 0.6 is 0 Å². The van der Waals surface area contributed by atoms with Crippen molar-refractivity contribution in [3.05, 3.63) is 23.8 Å². The van der Waals surface area contributed by atoms with Crippen LogP contribution < -0.4 is 29.9 Å². The van der Waals surface area contributed by atoms with Gasteiger partial charge in [-0.05, 0) is 31.0 Å². The number of quaternary nitrogens is 2. The minimum atomic E-state index is -0.344. The number of amides is 3. The first-order chi connectivity index (χ1) is 14.6. The summed E-state index contributed by atoms with van der Waals surface area (Å²) in [6, 6.07) is 5.92. The number of hydrogen-bond donors (Lipinski definition) is 4. The summed E-state index contributed by atoms with van der Waals surface area (Å²) in [5.41, 5.74) is 1.21. The molecular weight excluding hydrogens is 384 g/mol. The molecule has 166 valence electrons. The van der Waals surface area contributed by atoms with Gasteiger partial charge >= 0.3 is 6.03 Å². The maximum atomic E-state index is 12.2. The van der Waals surface area contributed by atoms with Crippen molar-refractivity contribution in [2.75, 3.05) is 46.9 Å². The van der Waals surface area contributed by atoms with E-state index in [0.29, 0.717) is 6.54 Å². The standard InChI is InChI=1S/C22H34N4O4/c1-29-19-9-8-17(14-20(19)30-2)15-25-10-12-26(13-11-25)16-21(27)24-22(28)23-18-6-4-3-5-7-18/h8-9,14,18H,3-7,10-13,15-16H2,1-2H3,(H2,23,24,27,28)/p+2. The Labute approximate surface area is 178 Å². The number of imide groups is 1. The zero-order valence-electron chi connectivity index (χ0n) is 18.2. The fourth-order valence-corrected chi connectivity index (χ4v) is 4.46. The molecule has 0 unspecified atom stereocenters. The minimum absolute atomic E-state index is 0.193. The van der Waals surface area contributed by atoms with E-state index in [9.17, 15) is 9.59 Å². The molecule has 0 radical (unpaired) electrons. The average Bonchev–Trinajstić information content (AvgIpc) is 2.75. The molecular formula is C22H36N4O4+2. The van der Waals surface area contributed by atoms with Gasteiger partial charge in [-0.15, -0.1) is 0 Å². The monoisotopic (exact) mass is 420 g/mol. The molecule has 3 rings (SSSR count). The Morgan fingerprint density at radius 3 is 2.30 bits per heavy atom. The average molecular weight is 421 g/mol. The first kappa shape index (κ1) is 22.4. The molecule has 8 heteroatoms. The number of ether oxygens (including phenoxy) is 2. The van der Waals surface area contributed by atoms with E-state index in [1.165, 1.54) is 21.8 Å². The van der Waals surface area contributed by atoms with Gasteiger partial charge in [-0.2, -0.15) is 0 Å². The molecule has 0 spiro atoms. The van der Waals surface area contributed by atoms with Crippen molar-refractivity contribution < 1.29 is 28.9 Å². The Balaban J connectivity index is 1.37. The molecule has 1 aliphatic heterocycles. The van der Waals surface area contributed by atoms with Gasteiger partial charge in [0, 0.05) is 11.6 Å². The molecule has 0 aromatic heterocycles. The van der Waals surface area contributed by atoms with Crippen molar-refractivity contribution in [1.82, 2.24) is 10.6 Å². The summed E-state index contributed by atoms with van der Waals surface area (Å²) in [6.45, 7) is 5.09. The van der Waals surface area contributed by atoms with E-state index in [4.69, 9.17) is 9.47 Å². The molecule has 1 aliphatic carbocycles. The third kappa shape index (κ3) is 6.60. The highest BCUT2D eigenvalue weighted by Crippen LogP contribution is 2.27. The summed E-state index contributed by atoms with van der Waals surface area (Å²) in [5, 5.41) is 5.44. The Kier molecular flexibility index (Phi) is 8.33. The number of methoxy groups -OCH3 is 2. The largest absolute Gasteiger partial charge is 0.493 e. The lowest BCUT2D eigenvalue weighted by Gasteiger charge is -2.29. The highest BCUT2D eigenvalue weighted by molar-refractivity contribution is 5.94. The van der Waals surface area contributed by atoms with E-state index >= 15 is 0 Å². The fraction of sp³-hybridized carbons (Fsp3) is 0.636. The van der Waals surface area contributed by atoms with Crippen molar-refractivity contribution in [2.24, 2.45) is 0 Å².